The van der Waals surface area contributed by atoms with Crippen LogP contribution in [0.5, 0.6) is 5.88 Å². The number of aromatic nitrogens is 2. The van der Waals surface area contributed by atoms with Crippen molar-refractivity contribution >= 4 is 11.8 Å². The molecule has 0 saturated heterocycles. The van der Waals surface area contributed by atoms with E-state index in [0.717, 1.165) is 0 Å². The molecule has 0 aliphatic rings. The SMILES string of the molecule is CNc1nnc(OC)cc1C(=O)O. The van der Waals surface area contributed by atoms with Gasteiger partial charge < -0.3 is 15.2 Å². The molecule has 0 atom stereocenters. The number of hydrogen-bond acceptors (Lipinski definition) is 5. The second-order valence-corrected chi connectivity index (χ2v) is 2.20. The first-order chi connectivity index (χ1) is 6.19. The third-order valence-corrected chi connectivity index (χ3v) is 1.45. The van der Waals surface area contributed by atoms with E-state index in [0.29, 0.717) is 0 Å². The van der Waals surface area contributed by atoms with Gasteiger partial charge in [0.15, 0.2) is 5.82 Å². The molecule has 1 rings (SSSR count). The summed E-state index contributed by atoms with van der Waals surface area (Å²) in [6, 6.07) is 1.31. The second kappa shape index (κ2) is 3.70. The Labute approximate surface area is 74.6 Å². The largest absolute Gasteiger partial charge is 0.480 e. The van der Waals surface area contributed by atoms with Crippen LogP contribution in [0.25, 0.3) is 0 Å². The summed E-state index contributed by atoms with van der Waals surface area (Å²) in [5.41, 5.74) is 0.0364. The van der Waals surface area contributed by atoms with Crippen molar-refractivity contribution in [2.75, 3.05) is 19.5 Å². The van der Waals surface area contributed by atoms with E-state index in [4.69, 9.17) is 9.84 Å². The molecule has 6 nitrogen and oxygen atoms in total. The predicted molar refractivity (Wildman–Crippen MR) is 45.1 cm³/mol. The first kappa shape index (κ1) is 9.24. The van der Waals surface area contributed by atoms with Gasteiger partial charge in [0.2, 0.25) is 5.88 Å². The Balaban J connectivity index is 3.18. The molecule has 2 N–H and O–H groups in total. The molecular formula is C7H9N3O3. The molecule has 6 heteroatoms. The average Bonchev–Trinajstić information content (AvgIpc) is 2.16. The quantitative estimate of drug-likeness (QED) is 0.697. The van der Waals surface area contributed by atoms with Crippen molar-refractivity contribution in [3.05, 3.63) is 11.6 Å². The third-order valence-electron chi connectivity index (χ3n) is 1.45. The Morgan fingerprint density at radius 1 is 1.62 bits per heavy atom. The number of rotatable bonds is 3. The number of anilines is 1. The minimum absolute atomic E-state index is 0.0364. The van der Waals surface area contributed by atoms with Crippen LogP contribution >= 0.6 is 0 Å². The molecule has 0 aromatic carbocycles. The van der Waals surface area contributed by atoms with E-state index < -0.39 is 5.97 Å². The molecule has 0 saturated carbocycles. The van der Waals surface area contributed by atoms with Crippen molar-refractivity contribution in [3.8, 4) is 5.88 Å². The molecule has 0 radical (unpaired) electrons. The smallest absolute Gasteiger partial charge is 0.339 e. The Morgan fingerprint density at radius 2 is 2.31 bits per heavy atom. The fraction of sp³-hybridized carbons (Fsp3) is 0.286. The minimum Gasteiger partial charge on any atom is -0.480 e. The van der Waals surface area contributed by atoms with Crippen LogP contribution in [-0.4, -0.2) is 35.4 Å². The van der Waals surface area contributed by atoms with E-state index in [2.05, 4.69) is 15.5 Å². The second-order valence-electron chi connectivity index (χ2n) is 2.20. The van der Waals surface area contributed by atoms with Crippen molar-refractivity contribution in [1.82, 2.24) is 10.2 Å². The van der Waals surface area contributed by atoms with E-state index in [9.17, 15) is 4.79 Å². The standard InChI is InChI=1S/C7H9N3O3/c1-8-6-4(7(11)12)3-5(13-2)9-10-6/h3H,1-2H3,(H,8,10)(H,11,12). The number of ether oxygens (including phenoxy) is 1. The summed E-state index contributed by atoms with van der Waals surface area (Å²) < 4.78 is 4.74. The first-order valence-corrected chi connectivity index (χ1v) is 3.51. The average molecular weight is 183 g/mol. The lowest BCUT2D eigenvalue weighted by Gasteiger charge is -2.04. The van der Waals surface area contributed by atoms with Crippen molar-refractivity contribution < 1.29 is 14.6 Å². The van der Waals surface area contributed by atoms with E-state index in [1.54, 1.807) is 7.05 Å². The lowest BCUT2D eigenvalue weighted by molar-refractivity contribution is 0.0697. The molecule has 1 heterocycles. The maximum Gasteiger partial charge on any atom is 0.339 e. The molecule has 0 bridgehead atoms. The van der Waals surface area contributed by atoms with Crippen LogP contribution in [0.1, 0.15) is 10.4 Å². The van der Waals surface area contributed by atoms with Gasteiger partial charge in [0.05, 0.1) is 7.11 Å². The molecule has 70 valence electrons. The van der Waals surface area contributed by atoms with Crippen LogP contribution in [0.3, 0.4) is 0 Å². The summed E-state index contributed by atoms with van der Waals surface area (Å²) in [5, 5.41) is 18.6. The maximum absolute atomic E-state index is 10.7. The molecule has 0 aliphatic heterocycles. The summed E-state index contributed by atoms with van der Waals surface area (Å²) in [6.07, 6.45) is 0. The van der Waals surface area contributed by atoms with E-state index >= 15 is 0 Å². The number of carboxylic acid groups (broad SMARTS) is 1. The Hall–Kier alpha value is -1.85. The summed E-state index contributed by atoms with van der Waals surface area (Å²) in [6.45, 7) is 0. The molecule has 13 heavy (non-hydrogen) atoms. The van der Waals surface area contributed by atoms with Crippen LogP contribution in [0.4, 0.5) is 5.82 Å². The van der Waals surface area contributed by atoms with Gasteiger partial charge >= 0.3 is 5.97 Å². The van der Waals surface area contributed by atoms with Gasteiger partial charge in [-0.2, -0.15) is 0 Å². The van der Waals surface area contributed by atoms with Gasteiger partial charge in [-0.1, -0.05) is 0 Å². The molecule has 0 amide bonds. The van der Waals surface area contributed by atoms with Gasteiger partial charge in [-0.3, -0.25) is 0 Å². The number of carboxylic acids is 1. The summed E-state index contributed by atoms with van der Waals surface area (Å²) in [4.78, 5) is 10.7. The molecule has 1 aromatic heterocycles. The summed E-state index contributed by atoms with van der Waals surface area (Å²) >= 11 is 0. The highest BCUT2D eigenvalue weighted by Crippen LogP contribution is 2.15. The maximum atomic E-state index is 10.7. The van der Waals surface area contributed by atoms with Gasteiger partial charge in [-0.25, -0.2) is 4.79 Å². The molecule has 0 fully saturated rings. The summed E-state index contributed by atoms with van der Waals surface area (Å²) in [7, 11) is 2.97. The minimum atomic E-state index is -1.07. The number of methoxy groups -OCH3 is 1. The third kappa shape index (κ3) is 1.84. The highest BCUT2D eigenvalue weighted by molar-refractivity contribution is 5.93. The fourth-order valence-electron chi connectivity index (χ4n) is 0.821. The van der Waals surface area contributed by atoms with Crippen LogP contribution in [0, 0.1) is 0 Å². The Kier molecular flexibility index (Phi) is 2.63. The Bertz CT molecular complexity index is 327. The molecule has 1 aromatic rings. The topological polar surface area (TPSA) is 84.3 Å². The van der Waals surface area contributed by atoms with Crippen LogP contribution in [0.2, 0.25) is 0 Å². The normalized spacial score (nSPS) is 9.38. The highest BCUT2D eigenvalue weighted by atomic mass is 16.5. The number of aromatic carboxylic acids is 1. The lowest BCUT2D eigenvalue weighted by Crippen LogP contribution is -2.07. The number of hydrogen-bond donors (Lipinski definition) is 2. The van der Waals surface area contributed by atoms with Crippen molar-refractivity contribution in [3.63, 3.8) is 0 Å². The lowest BCUT2D eigenvalue weighted by atomic mass is 10.3. The molecular weight excluding hydrogens is 174 g/mol. The monoisotopic (exact) mass is 183 g/mol. The molecule has 0 spiro atoms. The predicted octanol–water partition coefficient (Wildman–Crippen LogP) is 0.225. The molecule has 0 unspecified atom stereocenters. The van der Waals surface area contributed by atoms with Crippen LogP contribution < -0.4 is 10.1 Å². The van der Waals surface area contributed by atoms with E-state index in [1.165, 1.54) is 13.2 Å². The number of nitrogens with one attached hydrogen (secondary N) is 1. The van der Waals surface area contributed by atoms with Gasteiger partial charge in [0.25, 0.3) is 0 Å². The summed E-state index contributed by atoms with van der Waals surface area (Å²) in [5.74, 6) is -0.678. The molecule has 0 aliphatic carbocycles. The van der Waals surface area contributed by atoms with Crippen molar-refractivity contribution in [1.29, 1.82) is 0 Å². The van der Waals surface area contributed by atoms with Gasteiger partial charge in [-0.05, 0) is 0 Å². The van der Waals surface area contributed by atoms with E-state index in [-0.39, 0.29) is 17.3 Å². The van der Waals surface area contributed by atoms with E-state index in [1.807, 2.05) is 0 Å². The van der Waals surface area contributed by atoms with Crippen molar-refractivity contribution in [2.45, 2.75) is 0 Å². The zero-order valence-electron chi connectivity index (χ0n) is 7.24. The highest BCUT2D eigenvalue weighted by Gasteiger charge is 2.12. The fourth-order valence-corrected chi connectivity index (χ4v) is 0.821. The van der Waals surface area contributed by atoms with Gasteiger partial charge in [0.1, 0.15) is 5.56 Å². The zero-order valence-corrected chi connectivity index (χ0v) is 7.24. The Morgan fingerprint density at radius 3 is 2.77 bits per heavy atom. The van der Waals surface area contributed by atoms with Crippen LogP contribution in [-0.2, 0) is 0 Å². The van der Waals surface area contributed by atoms with Crippen LogP contribution in [0.15, 0.2) is 6.07 Å². The van der Waals surface area contributed by atoms with Gasteiger partial charge in [-0.15, -0.1) is 10.2 Å². The number of carbonyl (C=O) groups is 1. The zero-order chi connectivity index (χ0) is 9.84. The number of nitrogens with zero attached hydrogens (tertiary/aromatic N) is 2. The van der Waals surface area contributed by atoms with Gasteiger partial charge in [0, 0.05) is 13.1 Å². The van der Waals surface area contributed by atoms with Crippen molar-refractivity contribution in [2.24, 2.45) is 0 Å². The first-order valence-electron chi connectivity index (χ1n) is 3.51.